The monoisotopic (exact) mass is 296 g/mol. The number of hydrogen-bond donors (Lipinski definition) is 2. The van der Waals surface area contributed by atoms with Gasteiger partial charge >= 0.3 is 0 Å². The zero-order valence-corrected chi connectivity index (χ0v) is 13.3. The van der Waals surface area contributed by atoms with E-state index in [4.69, 9.17) is 17.3 Å². The highest BCUT2D eigenvalue weighted by Crippen LogP contribution is 2.19. The van der Waals surface area contributed by atoms with Crippen LogP contribution in [0.3, 0.4) is 0 Å². The van der Waals surface area contributed by atoms with Crippen LogP contribution < -0.4 is 11.1 Å². The maximum Gasteiger partial charge on any atom is 0.220 e. The standard InChI is InChI=1S/C16H25ClN2O/c1-11(2)7-13(10-18)8-16(20)19-12(3)14-5-4-6-15(17)9-14/h4-6,9,11-13H,7-8,10,18H2,1-3H3,(H,19,20)/t12-,13?/m1/s1. The Labute approximate surface area is 126 Å². The molecule has 0 saturated heterocycles. The van der Waals surface area contributed by atoms with E-state index in [1.165, 1.54) is 0 Å². The normalized spacial score (nSPS) is 14.1. The molecule has 112 valence electrons. The van der Waals surface area contributed by atoms with Gasteiger partial charge < -0.3 is 11.1 Å². The molecule has 0 bridgehead atoms. The fourth-order valence-corrected chi connectivity index (χ4v) is 2.55. The van der Waals surface area contributed by atoms with Crippen molar-refractivity contribution >= 4 is 17.5 Å². The zero-order chi connectivity index (χ0) is 15.1. The molecule has 1 unspecified atom stereocenters. The zero-order valence-electron chi connectivity index (χ0n) is 12.5. The van der Waals surface area contributed by atoms with Crippen molar-refractivity contribution in [3.05, 3.63) is 34.9 Å². The highest BCUT2D eigenvalue weighted by molar-refractivity contribution is 6.30. The van der Waals surface area contributed by atoms with Gasteiger partial charge in [0.1, 0.15) is 0 Å². The Kier molecular flexibility index (Phi) is 7.03. The first-order valence-electron chi connectivity index (χ1n) is 7.17. The van der Waals surface area contributed by atoms with Gasteiger partial charge in [0.05, 0.1) is 6.04 Å². The molecule has 0 aliphatic carbocycles. The molecule has 0 aromatic heterocycles. The summed E-state index contributed by atoms with van der Waals surface area (Å²) in [7, 11) is 0. The van der Waals surface area contributed by atoms with Gasteiger partial charge in [-0.15, -0.1) is 0 Å². The molecule has 0 fully saturated rings. The predicted octanol–water partition coefficient (Wildman–Crippen LogP) is 3.53. The van der Waals surface area contributed by atoms with Crippen LogP contribution in [0.15, 0.2) is 24.3 Å². The van der Waals surface area contributed by atoms with Gasteiger partial charge in [-0.1, -0.05) is 37.6 Å². The number of benzene rings is 1. The molecule has 0 spiro atoms. The van der Waals surface area contributed by atoms with Crippen molar-refractivity contribution in [1.29, 1.82) is 0 Å². The molecule has 20 heavy (non-hydrogen) atoms. The lowest BCUT2D eigenvalue weighted by Gasteiger charge is -2.19. The smallest absolute Gasteiger partial charge is 0.220 e. The molecule has 1 aromatic carbocycles. The minimum absolute atomic E-state index is 0.0429. The lowest BCUT2D eigenvalue weighted by Crippen LogP contribution is -2.30. The Hall–Kier alpha value is -1.06. The van der Waals surface area contributed by atoms with E-state index in [0.717, 1.165) is 12.0 Å². The first kappa shape index (κ1) is 17.0. The minimum Gasteiger partial charge on any atom is -0.350 e. The van der Waals surface area contributed by atoms with Crippen LogP contribution in [0.1, 0.15) is 45.2 Å². The van der Waals surface area contributed by atoms with Crippen LogP contribution >= 0.6 is 11.6 Å². The van der Waals surface area contributed by atoms with Crippen LogP contribution in [0, 0.1) is 11.8 Å². The van der Waals surface area contributed by atoms with Crippen molar-refractivity contribution in [2.75, 3.05) is 6.54 Å². The van der Waals surface area contributed by atoms with Crippen LogP contribution in [-0.2, 0) is 4.79 Å². The summed E-state index contributed by atoms with van der Waals surface area (Å²) in [6.07, 6.45) is 1.47. The Morgan fingerprint density at radius 3 is 2.60 bits per heavy atom. The van der Waals surface area contributed by atoms with Crippen molar-refractivity contribution in [3.63, 3.8) is 0 Å². The van der Waals surface area contributed by atoms with Crippen molar-refractivity contribution < 1.29 is 4.79 Å². The SMILES string of the molecule is CC(C)CC(CN)CC(=O)N[C@H](C)c1cccc(Cl)c1. The summed E-state index contributed by atoms with van der Waals surface area (Å²) in [6.45, 7) is 6.81. The fraction of sp³-hybridized carbons (Fsp3) is 0.562. The van der Waals surface area contributed by atoms with Crippen molar-refractivity contribution in [1.82, 2.24) is 5.32 Å². The molecule has 0 saturated carbocycles. The number of nitrogens with one attached hydrogen (secondary N) is 1. The van der Waals surface area contributed by atoms with Crippen LogP contribution in [0.2, 0.25) is 5.02 Å². The van der Waals surface area contributed by atoms with E-state index >= 15 is 0 Å². The lowest BCUT2D eigenvalue weighted by molar-refractivity contribution is -0.122. The van der Waals surface area contributed by atoms with Crippen LogP contribution in [-0.4, -0.2) is 12.5 Å². The van der Waals surface area contributed by atoms with E-state index < -0.39 is 0 Å². The largest absolute Gasteiger partial charge is 0.350 e. The molecule has 1 rings (SSSR count). The van der Waals surface area contributed by atoms with E-state index in [-0.39, 0.29) is 17.9 Å². The number of halogens is 1. The molecule has 3 N–H and O–H groups in total. The molecular weight excluding hydrogens is 272 g/mol. The molecule has 1 amide bonds. The second-order valence-electron chi connectivity index (χ2n) is 5.78. The van der Waals surface area contributed by atoms with Crippen molar-refractivity contribution in [2.45, 2.75) is 39.7 Å². The van der Waals surface area contributed by atoms with Crippen molar-refractivity contribution in [2.24, 2.45) is 17.6 Å². The molecule has 0 radical (unpaired) electrons. The summed E-state index contributed by atoms with van der Waals surface area (Å²) in [5, 5.41) is 3.69. The first-order valence-corrected chi connectivity index (χ1v) is 7.55. The van der Waals surface area contributed by atoms with Gasteiger partial charge in [-0.3, -0.25) is 4.79 Å². The van der Waals surface area contributed by atoms with Crippen LogP contribution in [0.4, 0.5) is 0 Å². The average molecular weight is 297 g/mol. The number of hydrogen-bond acceptors (Lipinski definition) is 2. The van der Waals surface area contributed by atoms with Gasteiger partial charge in [-0.25, -0.2) is 0 Å². The van der Waals surface area contributed by atoms with Gasteiger partial charge in [0.2, 0.25) is 5.91 Å². The Balaban J connectivity index is 2.53. The summed E-state index contributed by atoms with van der Waals surface area (Å²) in [5.41, 5.74) is 6.75. The molecule has 3 nitrogen and oxygen atoms in total. The van der Waals surface area contributed by atoms with Gasteiger partial charge in [0.15, 0.2) is 0 Å². The molecule has 0 aliphatic heterocycles. The number of carbonyl (C=O) groups excluding carboxylic acids is 1. The Morgan fingerprint density at radius 2 is 2.05 bits per heavy atom. The quantitative estimate of drug-likeness (QED) is 0.809. The van der Waals surface area contributed by atoms with Gasteiger partial charge in [0.25, 0.3) is 0 Å². The third-order valence-electron chi connectivity index (χ3n) is 3.34. The molecule has 1 aromatic rings. The summed E-state index contributed by atoms with van der Waals surface area (Å²) >= 11 is 5.96. The fourth-order valence-electron chi connectivity index (χ4n) is 2.35. The van der Waals surface area contributed by atoms with Crippen LogP contribution in [0.5, 0.6) is 0 Å². The second kappa shape index (κ2) is 8.28. The number of rotatable bonds is 7. The minimum atomic E-state index is -0.0429. The van der Waals surface area contributed by atoms with Gasteiger partial charge in [-0.05, 0) is 49.4 Å². The first-order chi connectivity index (χ1) is 9.42. The van der Waals surface area contributed by atoms with E-state index in [1.807, 2.05) is 31.2 Å². The highest BCUT2D eigenvalue weighted by Gasteiger charge is 2.16. The number of amides is 1. The molecular formula is C16H25ClN2O. The third kappa shape index (κ3) is 5.93. The molecule has 0 aliphatic rings. The third-order valence-corrected chi connectivity index (χ3v) is 3.57. The predicted molar refractivity (Wildman–Crippen MR) is 84.6 cm³/mol. The lowest BCUT2D eigenvalue weighted by atomic mass is 9.94. The molecule has 0 heterocycles. The van der Waals surface area contributed by atoms with E-state index in [2.05, 4.69) is 19.2 Å². The van der Waals surface area contributed by atoms with E-state index in [1.54, 1.807) is 0 Å². The summed E-state index contributed by atoms with van der Waals surface area (Å²) < 4.78 is 0. The maximum absolute atomic E-state index is 12.1. The van der Waals surface area contributed by atoms with Crippen molar-refractivity contribution in [3.8, 4) is 0 Å². The second-order valence-corrected chi connectivity index (χ2v) is 6.22. The summed E-state index contributed by atoms with van der Waals surface area (Å²) in [4.78, 5) is 12.1. The van der Waals surface area contributed by atoms with Crippen LogP contribution in [0.25, 0.3) is 0 Å². The van der Waals surface area contributed by atoms with Gasteiger partial charge in [-0.2, -0.15) is 0 Å². The summed E-state index contributed by atoms with van der Waals surface area (Å²) in [6, 6.07) is 7.51. The Bertz CT molecular complexity index is 434. The van der Waals surface area contributed by atoms with E-state index in [9.17, 15) is 4.79 Å². The average Bonchev–Trinajstić information content (AvgIpc) is 2.37. The maximum atomic E-state index is 12.1. The summed E-state index contributed by atoms with van der Waals surface area (Å²) in [5.74, 6) is 0.858. The Morgan fingerprint density at radius 1 is 1.35 bits per heavy atom. The molecule has 2 atom stereocenters. The van der Waals surface area contributed by atoms with E-state index in [0.29, 0.717) is 23.9 Å². The number of carbonyl (C=O) groups is 1. The number of nitrogens with two attached hydrogens (primary N) is 1. The van der Waals surface area contributed by atoms with Gasteiger partial charge in [0, 0.05) is 11.4 Å². The topological polar surface area (TPSA) is 55.1 Å². The molecule has 4 heteroatoms. The highest BCUT2D eigenvalue weighted by atomic mass is 35.5.